The molecule has 0 unspecified atom stereocenters. The van der Waals surface area contributed by atoms with Crippen LogP contribution in [0.25, 0.3) is 0 Å². The van der Waals surface area contributed by atoms with Crippen LogP contribution in [0.15, 0.2) is 21.1 Å². The van der Waals surface area contributed by atoms with Crippen molar-refractivity contribution in [2.45, 2.75) is 0 Å². The van der Waals surface area contributed by atoms with E-state index in [9.17, 15) is 0 Å². The Balaban J connectivity index is 2.67. The van der Waals surface area contributed by atoms with E-state index in [1.54, 1.807) is 17.6 Å². The molecule has 0 spiro atoms. The zero-order valence-corrected chi connectivity index (χ0v) is 7.78. The highest BCUT2D eigenvalue weighted by Crippen LogP contribution is 2.20. The predicted molar refractivity (Wildman–Crippen MR) is 46.6 cm³/mol. The van der Waals surface area contributed by atoms with Gasteiger partial charge in [0, 0.05) is 4.88 Å². The van der Waals surface area contributed by atoms with E-state index in [0.717, 1.165) is 8.66 Å². The third kappa shape index (κ3) is 2.11. The molecular formula is C6H6BrNOS. The highest BCUT2D eigenvalue weighted by atomic mass is 79.9. The molecule has 0 saturated heterocycles. The van der Waals surface area contributed by atoms with Gasteiger partial charge in [-0.15, -0.1) is 11.3 Å². The van der Waals surface area contributed by atoms with Crippen molar-refractivity contribution in [3.63, 3.8) is 0 Å². The molecule has 1 aromatic heterocycles. The van der Waals surface area contributed by atoms with Gasteiger partial charge in [0.25, 0.3) is 0 Å². The van der Waals surface area contributed by atoms with Crippen molar-refractivity contribution in [2.24, 2.45) is 5.16 Å². The molecule has 10 heavy (non-hydrogen) atoms. The van der Waals surface area contributed by atoms with Gasteiger partial charge >= 0.3 is 0 Å². The quantitative estimate of drug-likeness (QED) is 0.554. The van der Waals surface area contributed by atoms with E-state index in [1.807, 2.05) is 12.1 Å². The lowest BCUT2D eigenvalue weighted by Crippen LogP contribution is -1.72. The Kier molecular flexibility index (Phi) is 2.89. The molecule has 0 aliphatic carbocycles. The van der Waals surface area contributed by atoms with Gasteiger partial charge in [-0.2, -0.15) is 0 Å². The van der Waals surface area contributed by atoms with Crippen molar-refractivity contribution in [1.29, 1.82) is 0 Å². The molecule has 4 heteroatoms. The van der Waals surface area contributed by atoms with Gasteiger partial charge in [-0.1, -0.05) is 5.16 Å². The summed E-state index contributed by atoms with van der Waals surface area (Å²) in [7, 11) is 1.53. The number of rotatable bonds is 2. The van der Waals surface area contributed by atoms with Crippen LogP contribution in [0.3, 0.4) is 0 Å². The summed E-state index contributed by atoms with van der Waals surface area (Å²) in [6.45, 7) is 0. The maximum atomic E-state index is 4.52. The maximum Gasteiger partial charge on any atom is 0.106 e. The SMILES string of the molecule is CON=Cc1ccc(Br)s1. The Bertz CT molecular complexity index is 233. The highest BCUT2D eigenvalue weighted by molar-refractivity contribution is 9.11. The van der Waals surface area contributed by atoms with E-state index in [-0.39, 0.29) is 0 Å². The molecule has 1 rings (SSSR count). The first-order valence-electron chi connectivity index (χ1n) is 2.65. The van der Waals surface area contributed by atoms with E-state index < -0.39 is 0 Å². The number of thiophene rings is 1. The molecule has 1 aromatic rings. The second kappa shape index (κ2) is 3.73. The monoisotopic (exact) mass is 219 g/mol. The first-order valence-corrected chi connectivity index (χ1v) is 4.26. The maximum absolute atomic E-state index is 4.52. The average molecular weight is 220 g/mol. The van der Waals surface area contributed by atoms with Gasteiger partial charge in [0.05, 0.1) is 10.0 Å². The molecule has 0 atom stereocenters. The van der Waals surface area contributed by atoms with E-state index in [2.05, 4.69) is 25.9 Å². The largest absolute Gasteiger partial charge is 0.399 e. The van der Waals surface area contributed by atoms with Crippen molar-refractivity contribution < 1.29 is 4.84 Å². The Morgan fingerprint density at radius 2 is 2.50 bits per heavy atom. The van der Waals surface area contributed by atoms with Gasteiger partial charge < -0.3 is 4.84 Å². The first kappa shape index (κ1) is 7.75. The smallest absolute Gasteiger partial charge is 0.106 e. The molecule has 0 bridgehead atoms. The molecule has 54 valence electrons. The zero-order valence-electron chi connectivity index (χ0n) is 5.37. The summed E-state index contributed by atoms with van der Waals surface area (Å²) >= 11 is 4.96. The average Bonchev–Trinajstić information content (AvgIpc) is 2.31. The fourth-order valence-electron chi connectivity index (χ4n) is 0.502. The normalized spacial score (nSPS) is 10.6. The second-order valence-electron chi connectivity index (χ2n) is 1.56. The molecule has 2 nitrogen and oxygen atoms in total. The summed E-state index contributed by atoms with van der Waals surface area (Å²) in [6.07, 6.45) is 1.68. The fraction of sp³-hybridized carbons (Fsp3) is 0.167. The van der Waals surface area contributed by atoms with Crippen molar-refractivity contribution in [3.8, 4) is 0 Å². The highest BCUT2D eigenvalue weighted by Gasteiger charge is 1.91. The summed E-state index contributed by atoms with van der Waals surface area (Å²) < 4.78 is 1.10. The Morgan fingerprint density at radius 3 is 3.00 bits per heavy atom. The third-order valence-electron chi connectivity index (χ3n) is 0.879. The molecule has 0 radical (unpaired) electrons. The number of hydrogen-bond donors (Lipinski definition) is 0. The summed E-state index contributed by atoms with van der Waals surface area (Å²) in [5.41, 5.74) is 0. The Morgan fingerprint density at radius 1 is 1.70 bits per heavy atom. The van der Waals surface area contributed by atoms with Crippen molar-refractivity contribution in [3.05, 3.63) is 20.8 Å². The molecular weight excluding hydrogens is 214 g/mol. The van der Waals surface area contributed by atoms with Crippen molar-refractivity contribution >= 4 is 33.5 Å². The molecule has 0 aliphatic rings. The van der Waals surface area contributed by atoms with Crippen LogP contribution in [0.2, 0.25) is 0 Å². The predicted octanol–water partition coefficient (Wildman–Crippen LogP) is 2.49. The fourth-order valence-corrected chi connectivity index (χ4v) is 1.79. The first-order chi connectivity index (χ1) is 4.83. The minimum Gasteiger partial charge on any atom is -0.399 e. The molecule has 0 N–H and O–H groups in total. The molecule has 1 heterocycles. The number of halogens is 1. The van der Waals surface area contributed by atoms with Crippen LogP contribution < -0.4 is 0 Å². The topological polar surface area (TPSA) is 21.6 Å². The van der Waals surface area contributed by atoms with Crippen LogP contribution in [-0.4, -0.2) is 13.3 Å². The van der Waals surface area contributed by atoms with Crippen LogP contribution in [0.5, 0.6) is 0 Å². The van der Waals surface area contributed by atoms with Gasteiger partial charge in [-0.25, -0.2) is 0 Å². The summed E-state index contributed by atoms with van der Waals surface area (Å²) in [6, 6.07) is 3.94. The van der Waals surface area contributed by atoms with Gasteiger partial charge in [0.2, 0.25) is 0 Å². The minimum absolute atomic E-state index is 1.08. The Labute approximate surface area is 71.6 Å². The van der Waals surface area contributed by atoms with Crippen LogP contribution >= 0.6 is 27.3 Å². The lowest BCUT2D eigenvalue weighted by molar-refractivity contribution is 0.215. The second-order valence-corrected chi connectivity index (χ2v) is 4.05. The molecule has 0 aromatic carbocycles. The molecule has 0 fully saturated rings. The summed E-state index contributed by atoms with van der Waals surface area (Å²) in [5, 5.41) is 3.62. The lowest BCUT2D eigenvalue weighted by Gasteiger charge is -1.82. The van der Waals surface area contributed by atoms with Crippen LogP contribution in [0, 0.1) is 0 Å². The van der Waals surface area contributed by atoms with E-state index in [0.29, 0.717) is 0 Å². The van der Waals surface area contributed by atoms with Crippen LogP contribution in [-0.2, 0) is 4.84 Å². The van der Waals surface area contributed by atoms with E-state index >= 15 is 0 Å². The van der Waals surface area contributed by atoms with Gasteiger partial charge in [0.15, 0.2) is 0 Å². The van der Waals surface area contributed by atoms with Crippen molar-refractivity contribution in [1.82, 2.24) is 0 Å². The van der Waals surface area contributed by atoms with Gasteiger partial charge in [-0.3, -0.25) is 0 Å². The molecule has 0 amide bonds. The number of hydrogen-bond acceptors (Lipinski definition) is 3. The van der Waals surface area contributed by atoms with Crippen LogP contribution in [0.4, 0.5) is 0 Å². The summed E-state index contributed by atoms with van der Waals surface area (Å²) in [5.74, 6) is 0. The van der Waals surface area contributed by atoms with E-state index in [4.69, 9.17) is 0 Å². The number of oxime groups is 1. The third-order valence-corrected chi connectivity index (χ3v) is 2.44. The zero-order chi connectivity index (χ0) is 7.40. The van der Waals surface area contributed by atoms with E-state index in [1.165, 1.54) is 7.11 Å². The molecule has 0 saturated carbocycles. The van der Waals surface area contributed by atoms with Crippen LogP contribution in [0.1, 0.15) is 4.88 Å². The minimum atomic E-state index is 1.08. The number of nitrogens with zero attached hydrogens (tertiary/aromatic N) is 1. The van der Waals surface area contributed by atoms with Gasteiger partial charge in [-0.05, 0) is 28.1 Å². The van der Waals surface area contributed by atoms with Crippen molar-refractivity contribution in [2.75, 3.05) is 7.11 Å². The Hall–Kier alpha value is -0.350. The standard InChI is InChI=1S/C6H6BrNOS/c1-9-8-4-5-2-3-6(7)10-5/h2-4H,1H3. The lowest BCUT2D eigenvalue weighted by atomic mass is 10.5. The summed E-state index contributed by atoms with van der Waals surface area (Å²) in [4.78, 5) is 5.59. The van der Waals surface area contributed by atoms with Gasteiger partial charge in [0.1, 0.15) is 7.11 Å². The molecule has 0 aliphatic heterocycles.